The number of quaternary nitrogens is 1. The lowest BCUT2D eigenvalue weighted by atomic mass is 10.1. The van der Waals surface area contributed by atoms with Crippen molar-refractivity contribution in [2.75, 3.05) is 39.8 Å². The summed E-state index contributed by atoms with van der Waals surface area (Å²) in [7, 11) is -2.02. The molecular formula is C17H24ClN4O3S+. The third-order valence-corrected chi connectivity index (χ3v) is 7.17. The predicted octanol–water partition coefficient (Wildman–Crippen LogP) is -0.0102. The van der Waals surface area contributed by atoms with Crippen LogP contribution in [0.15, 0.2) is 29.2 Å². The molecule has 0 radical (unpaired) electrons. The van der Waals surface area contributed by atoms with Crippen LogP contribution in [0, 0.1) is 11.3 Å². The average Bonchev–Trinajstić information content (AvgIpc) is 2.61. The predicted molar refractivity (Wildman–Crippen MR) is 98.2 cm³/mol. The smallest absolute Gasteiger partial charge is 0.278 e. The summed E-state index contributed by atoms with van der Waals surface area (Å²) in [6.45, 7) is 5.31. The van der Waals surface area contributed by atoms with Crippen molar-refractivity contribution < 1.29 is 18.1 Å². The molecule has 0 unspecified atom stereocenters. The molecule has 1 aliphatic heterocycles. The van der Waals surface area contributed by atoms with Crippen LogP contribution in [0.5, 0.6) is 0 Å². The maximum Gasteiger partial charge on any atom is 0.278 e. The van der Waals surface area contributed by atoms with E-state index in [2.05, 4.69) is 6.07 Å². The number of carbonyl (C=O) groups is 1. The summed E-state index contributed by atoms with van der Waals surface area (Å²) in [5.41, 5.74) is -0.869. The minimum atomic E-state index is -3.64. The van der Waals surface area contributed by atoms with Crippen LogP contribution < -0.4 is 4.90 Å². The molecule has 0 bridgehead atoms. The van der Waals surface area contributed by atoms with Crippen LogP contribution in [-0.4, -0.2) is 68.8 Å². The first-order valence-corrected chi connectivity index (χ1v) is 10.2. The summed E-state index contributed by atoms with van der Waals surface area (Å²) < 4.78 is 26.9. The number of nitriles is 1. The van der Waals surface area contributed by atoms with Gasteiger partial charge in [-0.05, 0) is 26.0 Å². The van der Waals surface area contributed by atoms with Gasteiger partial charge in [0.15, 0.2) is 6.54 Å². The number of likely N-dealkylation sites (N-methyl/N-ethyl adjacent to an activating group) is 1. The molecule has 1 N–H and O–H groups in total. The number of nitrogens with zero attached hydrogens (tertiary/aromatic N) is 3. The molecule has 1 aromatic carbocycles. The quantitative estimate of drug-likeness (QED) is 0.754. The van der Waals surface area contributed by atoms with Gasteiger partial charge in [-0.15, -0.1) is 0 Å². The molecule has 26 heavy (non-hydrogen) atoms. The number of halogens is 1. The average molecular weight is 400 g/mol. The van der Waals surface area contributed by atoms with E-state index in [0.29, 0.717) is 26.2 Å². The molecule has 0 aliphatic carbocycles. The molecule has 1 aliphatic rings. The van der Waals surface area contributed by atoms with E-state index in [9.17, 15) is 13.2 Å². The van der Waals surface area contributed by atoms with E-state index >= 15 is 0 Å². The van der Waals surface area contributed by atoms with Crippen LogP contribution in [0.25, 0.3) is 0 Å². The van der Waals surface area contributed by atoms with Gasteiger partial charge in [0.05, 0.1) is 37.3 Å². The lowest BCUT2D eigenvalue weighted by molar-refractivity contribution is -0.896. The number of hydrogen-bond donors (Lipinski definition) is 1. The molecule has 1 saturated heterocycles. The van der Waals surface area contributed by atoms with E-state index in [-0.39, 0.29) is 22.4 Å². The summed E-state index contributed by atoms with van der Waals surface area (Å²) in [5.74, 6) is -0.131. The minimum Gasteiger partial charge on any atom is -0.325 e. The Morgan fingerprint density at radius 2 is 1.92 bits per heavy atom. The van der Waals surface area contributed by atoms with E-state index in [0.717, 1.165) is 4.90 Å². The monoisotopic (exact) mass is 399 g/mol. The maximum atomic E-state index is 12.7. The maximum absolute atomic E-state index is 12.7. The Morgan fingerprint density at radius 1 is 1.35 bits per heavy atom. The standard InChI is InChI=1S/C17H23ClN4O3S/c1-17(2,13-19)20(3)16(23)12-21-8-10-22(11-9-21)26(24,25)15-7-5-4-6-14(15)18/h4-7H,8-12H2,1-3H3/p+1. The van der Waals surface area contributed by atoms with Gasteiger partial charge in [-0.3, -0.25) is 4.79 Å². The van der Waals surface area contributed by atoms with Gasteiger partial charge < -0.3 is 9.80 Å². The number of rotatable bonds is 5. The molecule has 1 fully saturated rings. The number of amides is 1. The van der Waals surface area contributed by atoms with Crippen LogP contribution in [0.4, 0.5) is 0 Å². The van der Waals surface area contributed by atoms with Gasteiger partial charge in [0.2, 0.25) is 10.0 Å². The van der Waals surface area contributed by atoms with E-state index in [4.69, 9.17) is 16.9 Å². The molecular weight excluding hydrogens is 376 g/mol. The number of nitrogens with one attached hydrogen (secondary N) is 1. The fourth-order valence-corrected chi connectivity index (χ4v) is 4.67. The Labute approximate surface area is 159 Å². The van der Waals surface area contributed by atoms with Crippen molar-refractivity contribution in [3.8, 4) is 6.07 Å². The molecule has 1 amide bonds. The van der Waals surface area contributed by atoms with Gasteiger partial charge in [0.1, 0.15) is 10.4 Å². The van der Waals surface area contributed by atoms with Gasteiger partial charge >= 0.3 is 0 Å². The zero-order chi connectivity index (χ0) is 19.5. The molecule has 142 valence electrons. The highest BCUT2D eigenvalue weighted by molar-refractivity contribution is 7.89. The molecule has 9 heteroatoms. The SMILES string of the molecule is CN(C(=O)C[NH+]1CCN(S(=O)(=O)c2ccccc2Cl)CC1)C(C)(C)C#N. The highest BCUT2D eigenvalue weighted by Crippen LogP contribution is 2.24. The zero-order valence-electron chi connectivity index (χ0n) is 15.2. The first kappa shape index (κ1) is 20.6. The highest BCUT2D eigenvalue weighted by atomic mass is 35.5. The number of sulfonamides is 1. The van der Waals surface area contributed by atoms with Gasteiger partial charge in [0, 0.05) is 7.05 Å². The van der Waals surface area contributed by atoms with Gasteiger partial charge in [-0.1, -0.05) is 23.7 Å². The van der Waals surface area contributed by atoms with Crippen LogP contribution >= 0.6 is 11.6 Å². The Bertz CT molecular complexity index is 812. The second-order valence-electron chi connectivity index (χ2n) is 6.88. The normalized spacial score (nSPS) is 16.9. The molecule has 7 nitrogen and oxygen atoms in total. The third-order valence-electron chi connectivity index (χ3n) is 4.77. The second kappa shape index (κ2) is 7.92. The Hall–Kier alpha value is -1.66. The van der Waals surface area contributed by atoms with Crippen LogP contribution in [0.1, 0.15) is 13.8 Å². The first-order valence-electron chi connectivity index (χ1n) is 8.36. The van der Waals surface area contributed by atoms with Crippen molar-refractivity contribution in [1.82, 2.24) is 9.21 Å². The molecule has 1 aromatic rings. The van der Waals surface area contributed by atoms with Gasteiger partial charge in [0.25, 0.3) is 5.91 Å². The molecule has 0 saturated carbocycles. The topological polar surface area (TPSA) is 85.9 Å². The van der Waals surface area contributed by atoms with Crippen LogP contribution in [-0.2, 0) is 14.8 Å². The van der Waals surface area contributed by atoms with E-state index in [1.54, 1.807) is 39.1 Å². The van der Waals surface area contributed by atoms with Crippen molar-refractivity contribution >= 4 is 27.5 Å². The van der Waals surface area contributed by atoms with Crippen molar-refractivity contribution in [1.29, 1.82) is 5.26 Å². The largest absolute Gasteiger partial charge is 0.325 e. The molecule has 1 heterocycles. The highest BCUT2D eigenvalue weighted by Gasteiger charge is 2.34. The summed E-state index contributed by atoms with van der Waals surface area (Å²) in [5, 5.41) is 9.35. The molecule has 2 rings (SSSR count). The summed E-state index contributed by atoms with van der Waals surface area (Å²) >= 11 is 6.03. The lowest BCUT2D eigenvalue weighted by Crippen LogP contribution is -3.15. The number of piperazine rings is 1. The van der Waals surface area contributed by atoms with Gasteiger partial charge in [-0.25, -0.2) is 8.42 Å². The van der Waals surface area contributed by atoms with Crippen molar-refractivity contribution in [2.24, 2.45) is 0 Å². The minimum absolute atomic E-state index is 0.108. The van der Waals surface area contributed by atoms with Crippen LogP contribution in [0.2, 0.25) is 5.02 Å². The summed E-state index contributed by atoms with van der Waals surface area (Å²) in [6.07, 6.45) is 0. The van der Waals surface area contributed by atoms with Gasteiger partial charge in [-0.2, -0.15) is 9.57 Å². The van der Waals surface area contributed by atoms with E-state index in [1.807, 2.05) is 0 Å². The number of hydrogen-bond acceptors (Lipinski definition) is 4. The first-order chi connectivity index (χ1) is 12.1. The van der Waals surface area contributed by atoms with E-state index < -0.39 is 15.6 Å². The Kier molecular flexibility index (Phi) is 6.29. The fourth-order valence-electron chi connectivity index (χ4n) is 2.73. The van der Waals surface area contributed by atoms with Crippen LogP contribution in [0.3, 0.4) is 0 Å². The Balaban J connectivity index is 1.99. The van der Waals surface area contributed by atoms with E-state index in [1.165, 1.54) is 15.3 Å². The number of carbonyl (C=O) groups excluding carboxylic acids is 1. The summed E-state index contributed by atoms with van der Waals surface area (Å²) in [4.78, 5) is 14.9. The van der Waals surface area contributed by atoms with Crippen molar-refractivity contribution in [3.63, 3.8) is 0 Å². The Morgan fingerprint density at radius 3 is 2.46 bits per heavy atom. The van der Waals surface area contributed by atoms with Crippen molar-refractivity contribution in [2.45, 2.75) is 24.3 Å². The summed E-state index contributed by atoms with van der Waals surface area (Å²) in [6, 6.07) is 8.50. The third kappa shape index (κ3) is 4.35. The molecule has 0 aromatic heterocycles. The lowest BCUT2D eigenvalue weighted by Gasteiger charge is -2.34. The zero-order valence-corrected chi connectivity index (χ0v) is 16.8. The molecule has 0 atom stereocenters. The second-order valence-corrected chi connectivity index (χ2v) is 9.20. The molecule has 0 spiro atoms. The number of benzene rings is 1. The van der Waals surface area contributed by atoms with Crippen molar-refractivity contribution in [3.05, 3.63) is 29.3 Å². The fraction of sp³-hybridized carbons (Fsp3) is 0.529.